The number of methoxy groups -OCH3 is 1. The van der Waals surface area contributed by atoms with Gasteiger partial charge in [0.25, 0.3) is 5.91 Å². The van der Waals surface area contributed by atoms with Gasteiger partial charge in [-0.3, -0.25) is 52.7 Å². The maximum absolute atomic E-state index is 16.2. The number of alkyl halides is 1. The fourth-order valence-electron chi connectivity index (χ4n) is 13.1. The van der Waals surface area contributed by atoms with Crippen molar-refractivity contribution in [3.63, 3.8) is 0 Å². The number of ether oxygens (including phenoxy) is 2. The van der Waals surface area contributed by atoms with Crippen molar-refractivity contribution >= 4 is 86.8 Å². The molecule has 14 N–H and O–H groups in total. The maximum atomic E-state index is 16.2. The topological polar surface area (TPSA) is 399 Å². The lowest BCUT2D eigenvalue weighted by Crippen LogP contribution is -2.63. The van der Waals surface area contributed by atoms with Crippen molar-refractivity contribution in [3.8, 4) is 11.5 Å². The Morgan fingerprint density at radius 2 is 1.33 bits per heavy atom. The van der Waals surface area contributed by atoms with Crippen LogP contribution in [0.4, 0.5) is 13.2 Å². The Labute approximate surface area is 592 Å². The first-order valence-electron chi connectivity index (χ1n) is 34.4. The zero-order valence-corrected chi connectivity index (χ0v) is 57.9. The van der Waals surface area contributed by atoms with Crippen LogP contribution >= 0.6 is 0 Å². The van der Waals surface area contributed by atoms with Gasteiger partial charge in [-0.1, -0.05) is 24.3 Å². The molecule has 11 amide bonds. The van der Waals surface area contributed by atoms with Crippen LogP contribution in [0.2, 0.25) is 0 Å². The number of carbonyl (C=O) groups excluding carboxylic acids is 11. The average Bonchev–Trinajstić information content (AvgIpc) is 1.69. The van der Waals surface area contributed by atoms with Crippen molar-refractivity contribution in [2.24, 2.45) is 5.73 Å². The van der Waals surface area contributed by atoms with E-state index < -0.39 is 175 Å². The van der Waals surface area contributed by atoms with Crippen molar-refractivity contribution in [3.05, 3.63) is 131 Å². The summed E-state index contributed by atoms with van der Waals surface area (Å²) >= 11 is 0. The van der Waals surface area contributed by atoms with Crippen molar-refractivity contribution in [1.82, 2.24) is 67.6 Å². The predicted molar refractivity (Wildman–Crippen MR) is 371 cm³/mol. The van der Waals surface area contributed by atoms with E-state index in [0.29, 0.717) is 64.7 Å². The normalized spacial score (nSPS) is 24.9. The zero-order chi connectivity index (χ0) is 74.2. The van der Waals surface area contributed by atoms with Gasteiger partial charge in [0.05, 0.1) is 19.8 Å². The van der Waals surface area contributed by atoms with E-state index in [0.717, 1.165) is 10.5 Å². The third-order valence-corrected chi connectivity index (χ3v) is 18.8. The monoisotopic (exact) mass is 1430 g/mol. The lowest BCUT2D eigenvalue weighted by atomic mass is 9.95. The minimum absolute atomic E-state index is 0.00565. The summed E-state index contributed by atoms with van der Waals surface area (Å²) in [6, 6.07) is 8.36. The third-order valence-electron chi connectivity index (χ3n) is 18.8. The molecule has 2 bridgehead atoms. The van der Waals surface area contributed by atoms with Crippen molar-refractivity contribution in [2.45, 2.75) is 164 Å². The third kappa shape index (κ3) is 19.8. The van der Waals surface area contributed by atoms with Crippen molar-refractivity contribution in [2.75, 3.05) is 46.4 Å². The van der Waals surface area contributed by atoms with Gasteiger partial charge in [-0.05, 0) is 155 Å². The molecular formula is C72H89F3N14O14. The van der Waals surface area contributed by atoms with E-state index in [-0.39, 0.29) is 62.8 Å². The molecule has 11 atom stereocenters. The first kappa shape index (κ1) is 76.6. The molecule has 4 aliphatic rings. The van der Waals surface area contributed by atoms with Crippen molar-refractivity contribution < 1.29 is 80.5 Å². The summed E-state index contributed by atoms with van der Waals surface area (Å²) in [5, 5.41) is 35.8. The van der Waals surface area contributed by atoms with Gasteiger partial charge in [-0.15, -0.1) is 0 Å². The number of aromatic nitrogens is 2. The highest BCUT2D eigenvalue weighted by molar-refractivity contribution is 6.00. The number of aliphatic hydroxyl groups is 1. The fraction of sp³-hybridized carbons (Fsp3) is 0.458. The molecule has 10 rings (SSSR count). The van der Waals surface area contributed by atoms with Gasteiger partial charge in [0.2, 0.25) is 59.1 Å². The molecule has 0 spiro atoms. The number of aliphatic hydroxyl groups excluding tert-OH is 1. The summed E-state index contributed by atoms with van der Waals surface area (Å²) in [4.78, 5) is 166. The first-order chi connectivity index (χ1) is 49.2. The Kier molecular flexibility index (Phi) is 25.9. The average molecular weight is 1430 g/mol. The van der Waals surface area contributed by atoms with Crippen LogP contribution in [0.1, 0.15) is 94.9 Å². The SMILES string of the molecule is COc1ccc(C[C@@H]2NC(=O)[C@H]([C@@H](C)O)NC(=O)[C@@H]3C[C@H](F)CN3C(=O)[C@H](Cc3c[nH]c4ccc(F)cc34)NC(=O)[C@H](Cc3c[nH]c4ccc(F)cc34)NC(=O)[C@@H](C)NC(=O)[C@H](CCCCN)NC(=O)[C@@H](NC(C)=O)CCNC(=O)COc3ccc(cc3)CCNC(=O)[C@]3(C)CCCN3C2=O)cc1. The molecule has 0 radical (unpaired) electrons. The highest BCUT2D eigenvalue weighted by Crippen LogP contribution is 2.32. The van der Waals surface area contributed by atoms with E-state index in [2.05, 4.69) is 57.8 Å². The first-order valence-corrected chi connectivity index (χ1v) is 34.4. The fourth-order valence-corrected chi connectivity index (χ4v) is 13.1. The highest BCUT2D eigenvalue weighted by Gasteiger charge is 2.49. The summed E-state index contributed by atoms with van der Waals surface area (Å²) in [6.07, 6.45) is -0.806. The molecule has 2 aromatic heterocycles. The molecule has 0 aliphatic carbocycles. The van der Waals surface area contributed by atoms with Gasteiger partial charge in [0.15, 0.2) is 6.61 Å². The Hall–Kier alpha value is -10.6. The number of nitrogens with zero attached hydrogens (tertiary/aromatic N) is 2. The molecule has 0 saturated carbocycles. The summed E-state index contributed by atoms with van der Waals surface area (Å²) in [6.45, 7) is 4.38. The van der Waals surface area contributed by atoms with E-state index in [9.17, 15) is 47.9 Å². The highest BCUT2D eigenvalue weighted by atomic mass is 19.1. The largest absolute Gasteiger partial charge is 0.497 e. The Bertz CT molecular complexity index is 4080. The molecule has 4 aromatic carbocycles. The number of hydrogen-bond donors (Lipinski definition) is 13. The molecule has 28 nitrogen and oxygen atoms in total. The number of nitrogens with two attached hydrogens (primary N) is 1. The number of H-pyrrole nitrogens is 2. The zero-order valence-electron chi connectivity index (χ0n) is 57.9. The quantitative estimate of drug-likeness (QED) is 0.0576. The number of fused-ring (bicyclic) bond motifs is 32. The molecule has 6 aromatic rings. The van der Waals surface area contributed by atoms with Gasteiger partial charge in [-0.25, -0.2) is 13.2 Å². The summed E-state index contributed by atoms with van der Waals surface area (Å²) in [5.41, 5.74) is 7.08. The Balaban J connectivity index is 1.05. The maximum Gasteiger partial charge on any atom is 0.257 e. The second kappa shape index (κ2) is 34.9. The molecular weight excluding hydrogens is 1340 g/mol. The molecule has 2 saturated heterocycles. The molecule has 103 heavy (non-hydrogen) atoms. The second-order valence-electron chi connectivity index (χ2n) is 26.5. The standard InChI is InChI=1S/C72H89F3N14O14/c1-39-63(93)84-57(30-44-35-79-53-20-14-46(73)32-51(44)53)66(96)85-59(31-45-36-80-54-21-15-47(74)33-52(45)54)69(99)88-37-48(75)34-60(88)67(97)87-62(40(2)90)68(98)86-58(29-43-12-16-49(102-5)17-13-43)70(100)89-28-8-24-72(89,4)71(101)78-26-22-42-10-18-50(19-11-42)103-38-61(92)77-27-23-56(82-41(3)91)65(95)83-55(64(94)81-39)9-6-7-25-76/h10-21,32-33,35-36,39-40,48,55-60,62,79-80,90H,6-9,22-31,34,37-38,76H2,1-5H3,(H,77,92)(H,78,101)(H,81,94)(H,82,91)(H,83,95)(H,84,93)(H,85,96)(H,86,98)(H,87,97)/t39-,40-,48+,55+,56+,57+,58+,59+,60+,62+,72+/m1/s1. The van der Waals surface area contributed by atoms with Crippen molar-refractivity contribution in [1.29, 1.82) is 0 Å². The van der Waals surface area contributed by atoms with Gasteiger partial charge in [0.1, 0.15) is 83.2 Å². The lowest BCUT2D eigenvalue weighted by molar-refractivity contribution is -0.147. The number of amides is 11. The van der Waals surface area contributed by atoms with Crippen LogP contribution in [-0.2, 0) is 78.4 Å². The van der Waals surface area contributed by atoms with Gasteiger partial charge >= 0.3 is 0 Å². The minimum atomic E-state index is -1.89. The van der Waals surface area contributed by atoms with Gasteiger partial charge in [-0.2, -0.15) is 0 Å². The van der Waals surface area contributed by atoms with E-state index in [1.165, 1.54) is 81.6 Å². The number of unbranched alkanes of at least 4 members (excludes halogenated alkanes) is 1. The number of nitrogens with one attached hydrogen (secondary N) is 11. The van der Waals surface area contributed by atoms with E-state index in [4.69, 9.17) is 15.2 Å². The number of carbonyl (C=O) groups is 11. The molecule has 552 valence electrons. The van der Waals surface area contributed by atoms with Crippen LogP contribution in [-0.4, -0.2) is 202 Å². The molecule has 2 fully saturated rings. The van der Waals surface area contributed by atoms with E-state index in [1.807, 2.05) is 0 Å². The summed E-state index contributed by atoms with van der Waals surface area (Å²) in [7, 11) is 1.47. The number of aromatic amines is 2. The van der Waals surface area contributed by atoms with Crippen LogP contribution < -0.4 is 63.1 Å². The summed E-state index contributed by atoms with van der Waals surface area (Å²) < 4.78 is 57.2. The number of benzene rings is 4. The van der Waals surface area contributed by atoms with Crippen LogP contribution in [0.5, 0.6) is 11.5 Å². The van der Waals surface area contributed by atoms with E-state index >= 15 is 23.2 Å². The lowest BCUT2D eigenvalue weighted by Gasteiger charge is -2.37. The van der Waals surface area contributed by atoms with Gasteiger partial charge < -0.3 is 87.9 Å². The molecule has 4 aliphatic heterocycles. The number of rotatable bonds is 13. The van der Waals surface area contributed by atoms with E-state index in [1.54, 1.807) is 55.5 Å². The molecule has 6 heterocycles. The smallest absolute Gasteiger partial charge is 0.257 e. The minimum Gasteiger partial charge on any atom is -0.497 e. The number of hydrogen-bond acceptors (Lipinski definition) is 15. The predicted octanol–water partition coefficient (Wildman–Crippen LogP) is 1.48. The Morgan fingerprint density at radius 3 is 1.96 bits per heavy atom. The van der Waals surface area contributed by atoms with Crippen LogP contribution in [0, 0.1) is 11.6 Å². The van der Waals surface area contributed by atoms with Crippen LogP contribution in [0.15, 0.2) is 97.3 Å². The number of halogens is 3. The Morgan fingerprint density at radius 1 is 0.718 bits per heavy atom. The van der Waals surface area contributed by atoms with Gasteiger partial charge in [0, 0.05) is 86.4 Å². The van der Waals surface area contributed by atoms with Crippen LogP contribution in [0.25, 0.3) is 21.8 Å². The molecule has 31 heteroatoms. The van der Waals surface area contributed by atoms with Crippen LogP contribution in [0.3, 0.4) is 0 Å². The second-order valence-corrected chi connectivity index (χ2v) is 26.5. The summed E-state index contributed by atoms with van der Waals surface area (Å²) in [5.74, 6) is -9.84. The molecule has 0 unspecified atom stereocenters.